The van der Waals surface area contributed by atoms with E-state index >= 15 is 0 Å². The minimum atomic E-state index is -0.617. The molecule has 86 valence electrons. The highest BCUT2D eigenvalue weighted by molar-refractivity contribution is 5.65. The number of benzene rings is 1. The molecule has 0 radical (unpaired) electrons. The number of hydrogen-bond donors (Lipinski definition) is 2. The third-order valence-electron chi connectivity index (χ3n) is 2.75. The molecule has 0 spiro atoms. The zero-order chi connectivity index (χ0) is 11.4. The van der Waals surface area contributed by atoms with Crippen LogP contribution in [0.25, 0.3) is 0 Å². The van der Waals surface area contributed by atoms with Crippen LogP contribution >= 0.6 is 0 Å². The fourth-order valence-corrected chi connectivity index (χ4v) is 1.95. The van der Waals surface area contributed by atoms with Gasteiger partial charge in [-0.3, -0.25) is 5.43 Å². The van der Waals surface area contributed by atoms with E-state index in [4.69, 9.17) is 10.7 Å². The summed E-state index contributed by atoms with van der Waals surface area (Å²) >= 11 is 0. The molecule has 0 bridgehead atoms. The molecule has 1 aliphatic heterocycles. The van der Waals surface area contributed by atoms with Crippen molar-refractivity contribution in [1.29, 1.82) is 0 Å². The molecule has 1 amide bonds. The molecule has 1 aliphatic rings. The second-order valence-corrected chi connectivity index (χ2v) is 3.81. The molecule has 1 saturated heterocycles. The fraction of sp³-hybridized carbons (Fsp3) is 0.364. The monoisotopic (exact) mass is 221 g/mol. The number of hydroxylamine groups is 2. The predicted octanol–water partition coefficient (Wildman–Crippen LogP) is 0.991. The van der Waals surface area contributed by atoms with Crippen molar-refractivity contribution < 1.29 is 9.63 Å². The standard InChI is InChI=1S/C11H15N3O2/c12-13-11(15)16-14-7-6-10(8-14)9-4-2-1-3-5-9/h1-5,10H,6-8,12H2,(H,13,15). The van der Waals surface area contributed by atoms with Gasteiger partial charge in [0, 0.05) is 19.0 Å². The highest BCUT2D eigenvalue weighted by Crippen LogP contribution is 2.26. The van der Waals surface area contributed by atoms with Gasteiger partial charge in [0.2, 0.25) is 0 Å². The van der Waals surface area contributed by atoms with Gasteiger partial charge in [-0.05, 0) is 12.0 Å². The highest BCUT2D eigenvalue weighted by atomic mass is 16.7. The Balaban J connectivity index is 1.91. The van der Waals surface area contributed by atoms with Crippen LogP contribution in [0.3, 0.4) is 0 Å². The first-order valence-corrected chi connectivity index (χ1v) is 5.28. The Labute approximate surface area is 94.1 Å². The van der Waals surface area contributed by atoms with Crippen LogP contribution in [0.4, 0.5) is 4.79 Å². The topological polar surface area (TPSA) is 67.6 Å². The van der Waals surface area contributed by atoms with Crippen molar-refractivity contribution in [3.05, 3.63) is 35.9 Å². The van der Waals surface area contributed by atoms with Gasteiger partial charge in [-0.1, -0.05) is 30.3 Å². The van der Waals surface area contributed by atoms with Crippen LogP contribution in [0.1, 0.15) is 17.9 Å². The first-order valence-electron chi connectivity index (χ1n) is 5.28. The van der Waals surface area contributed by atoms with Crippen LogP contribution in [0.15, 0.2) is 30.3 Å². The number of nitrogens with two attached hydrogens (primary N) is 1. The van der Waals surface area contributed by atoms with Crippen molar-refractivity contribution in [2.45, 2.75) is 12.3 Å². The van der Waals surface area contributed by atoms with Gasteiger partial charge in [-0.2, -0.15) is 0 Å². The molecular weight excluding hydrogens is 206 g/mol. The summed E-state index contributed by atoms with van der Waals surface area (Å²) in [4.78, 5) is 15.9. The lowest BCUT2D eigenvalue weighted by atomic mass is 9.99. The minimum Gasteiger partial charge on any atom is -0.350 e. The van der Waals surface area contributed by atoms with Crippen molar-refractivity contribution in [2.75, 3.05) is 13.1 Å². The van der Waals surface area contributed by atoms with Crippen LogP contribution < -0.4 is 11.3 Å². The zero-order valence-electron chi connectivity index (χ0n) is 8.93. The van der Waals surface area contributed by atoms with Crippen molar-refractivity contribution in [3.63, 3.8) is 0 Å². The number of hydrogen-bond acceptors (Lipinski definition) is 4. The Morgan fingerprint density at radius 3 is 2.88 bits per heavy atom. The molecule has 0 aromatic heterocycles. The van der Waals surface area contributed by atoms with Gasteiger partial charge in [0.1, 0.15) is 0 Å². The number of carbonyl (C=O) groups excluding carboxylic acids is 1. The number of hydrazine groups is 1. The molecule has 0 saturated carbocycles. The molecule has 1 aromatic carbocycles. The molecule has 1 fully saturated rings. The van der Waals surface area contributed by atoms with E-state index in [2.05, 4.69) is 12.1 Å². The van der Waals surface area contributed by atoms with Gasteiger partial charge in [-0.25, -0.2) is 10.6 Å². The van der Waals surface area contributed by atoms with Crippen molar-refractivity contribution in [3.8, 4) is 0 Å². The van der Waals surface area contributed by atoms with E-state index in [-0.39, 0.29) is 0 Å². The molecule has 2 rings (SSSR count). The van der Waals surface area contributed by atoms with Gasteiger partial charge in [-0.15, -0.1) is 5.06 Å². The van der Waals surface area contributed by atoms with Crippen LogP contribution in [0, 0.1) is 0 Å². The summed E-state index contributed by atoms with van der Waals surface area (Å²) < 4.78 is 0. The van der Waals surface area contributed by atoms with E-state index in [0.29, 0.717) is 5.92 Å². The Kier molecular flexibility index (Phi) is 3.38. The average molecular weight is 221 g/mol. The fourth-order valence-electron chi connectivity index (χ4n) is 1.95. The zero-order valence-corrected chi connectivity index (χ0v) is 8.93. The Morgan fingerprint density at radius 1 is 1.44 bits per heavy atom. The van der Waals surface area contributed by atoms with E-state index in [0.717, 1.165) is 19.5 Å². The smallest absolute Gasteiger partial charge is 0.350 e. The van der Waals surface area contributed by atoms with Crippen molar-refractivity contribution in [1.82, 2.24) is 10.5 Å². The summed E-state index contributed by atoms with van der Waals surface area (Å²) in [6.07, 6.45) is 0.371. The van der Waals surface area contributed by atoms with Crippen LogP contribution in [-0.2, 0) is 4.84 Å². The molecule has 1 aromatic rings. The molecule has 16 heavy (non-hydrogen) atoms. The maximum absolute atomic E-state index is 10.9. The molecular formula is C11H15N3O2. The van der Waals surface area contributed by atoms with E-state index in [1.807, 2.05) is 23.6 Å². The first-order chi connectivity index (χ1) is 7.79. The number of nitrogens with one attached hydrogen (secondary N) is 1. The second kappa shape index (κ2) is 4.96. The van der Waals surface area contributed by atoms with E-state index in [9.17, 15) is 4.79 Å². The van der Waals surface area contributed by atoms with Gasteiger partial charge < -0.3 is 4.84 Å². The van der Waals surface area contributed by atoms with Crippen molar-refractivity contribution >= 4 is 6.09 Å². The summed E-state index contributed by atoms with van der Waals surface area (Å²) in [5.41, 5.74) is 3.22. The summed E-state index contributed by atoms with van der Waals surface area (Å²) in [6.45, 7) is 1.46. The summed E-state index contributed by atoms with van der Waals surface area (Å²) in [5.74, 6) is 5.37. The first kappa shape index (κ1) is 10.9. The number of carbonyl (C=O) groups is 1. The van der Waals surface area contributed by atoms with Crippen molar-refractivity contribution in [2.24, 2.45) is 5.84 Å². The summed E-state index contributed by atoms with van der Waals surface area (Å²) in [5, 5.41) is 1.64. The number of rotatable bonds is 2. The summed E-state index contributed by atoms with van der Waals surface area (Å²) in [6, 6.07) is 10.2. The largest absolute Gasteiger partial charge is 0.440 e. The van der Waals surface area contributed by atoms with Crippen LogP contribution in [-0.4, -0.2) is 24.2 Å². The number of amides is 1. The lowest BCUT2D eigenvalue weighted by Crippen LogP contribution is -2.36. The van der Waals surface area contributed by atoms with Gasteiger partial charge in [0.15, 0.2) is 0 Å². The third kappa shape index (κ3) is 2.50. The summed E-state index contributed by atoms with van der Waals surface area (Å²) in [7, 11) is 0. The SMILES string of the molecule is NNC(=O)ON1CCC(c2ccccc2)C1. The molecule has 1 atom stereocenters. The Bertz CT molecular complexity index is 356. The number of nitrogens with zero attached hydrogens (tertiary/aromatic N) is 1. The normalized spacial score (nSPS) is 20.7. The van der Waals surface area contributed by atoms with E-state index < -0.39 is 6.09 Å². The molecule has 0 aliphatic carbocycles. The predicted molar refractivity (Wildman–Crippen MR) is 59.2 cm³/mol. The van der Waals surface area contributed by atoms with Gasteiger partial charge in [0.05, 0.1) is 0 Å². The second-order valence-electron chi connectivity index (χ2n) is 3.81. The molecule has 5 heteroatoms. The Hall–Kier alpha value is -1.59. The maximum atomic E-state index is 10.9. The third-order valence-corrected chi connectivity index (χ3v) is 2.75. The molecule has 5 nitrogen and oxygen atoms in total. The van der Waals surface area contributed by atoms with Crippen LogP contribution in [0.5, 0.6) is 0 Å². The van der Waals surface area contributed by atoms with Gasteiger partial charge >= 0.3 is 6.09 Å². The quantitative estimate of drug-likeness (QED) is 0.444. The maximum Gasteiger partial charge on any atom is 0.440 e. The lowest BCUT2D eigenvalue weighted by molar-refractivity contribution is -0.0814. The molecule has 1 heterocycles. The van der Waals surface area contributed by atoms with E-state index in [1.54, 1.807) is 5.06 Å². The highest BCUT2D eigenvalue weighted by Gasteiger charge is 2.26. The molecule has 1 unspecified atom stereocenters. The lowest BCUT2D eigenvalue weighted by Gasteiger charge is -2.14. The van der Waals surface area contributed by atoms with Crippen LogP contribution in [0.2, 0.25) is 0 Å². The van der Waals surface area contributed by atoms with Gasteiger partial charge in [0.25, 0.3) is 0 Å². The minimum absolute atomic E-state index is 0.423. The molecule has 3 N–H and O–H groups in total. The van der Waals surface area contributed by atoms with E-state index in [1.165, 1.54) is 5.56 Å². The Morgan fingerprint density at radius 2 is 2.19 bits per heavy atom. The average Bonchev–Trinajstić information content (AvgIpc) is 2.78.